The molecule has 0 unspecified atom stereocenters. The number of aliphatic hydroxyl groups excluding tert-OH is 1. The van der Waals surface area contributed by atoms with Gasteiger partial charge in [-0.1, -0.05) is 11.6 Å². The lowest BCUT2D eigenvalue weighted by atomic mass is 10.2. The number of halogens is 3. The molecule has 1 aromatic carbocycles. The van der Waals surface area contributed by atoms with Gasteiger partial charge in [-0.25, -0.2) is 8.78 Å². The Labute approximate surface area is 104 Å². The van der Waals surface area contributed by atoms with E-state index < -0.39 is 13.0 Å². The van der Waals surface area contributed by atoms with Crippen LogP contribution in [0.5, 0.6) is 0 Å². The zero-order valence-corrected chi connectivity index (χ0v) is 10.00. The van der Waals surface area contributed by atoms with Crippen LogP contribution < -0.4 is 5.73 Å². The van der Waals surface area contributed by atoms with Crippen molar-refractivity contribution in [3.63, 3.8) is 0 Å². The highest BCUT2D eigenvalue weighted by atomic mass is 35.5. The molecular formula is C11H15ClF2N2O. The van der Waals surface area contributed by atoms with Crippen LogP contribution in [0.15, 0.2) is 18.2 Å². The molecule has 0 atom stereocenters. The van der Waals surface area contributed by atoms with Gasteiger partial charge in [0.25, 0.3) is 6.43 Å². The third-order valence-corrected chi connectivity index (χ3v) is 2.64. The summed E-state index contributed by atoms with van der Waals surface area (Å²) in [6.45, 7) is -0.150. The maximum absolute atomic E-state index is 12.3. The number of nitrogen functional groups attached to an aromatic ring is 1. The van der Waals surface area contributed by atoms with Crippen molar-refractivity contribution in [2.45, 2.75) is 13.0 Å². The molecule has 96 valence electrons. The molecule has 1 rings (SSSR count). The number of nitrogens with two attached hydrogens (primary N) is 1. The summed E-state index contributed by atoms with van der Waals surface area (Å²) >= 11 is 5.94. The lowest BCUT2D eigenvalue weighted by Crippen LogP contribution is -2.31. The minimum absolute atomic E-state index is 0.174. The molecule has 0 heterocycles. The third-order valence-electron chi connectivity index (χ3n) is 2.28. The number of rotatable bonds is 6. The summed E-state index contributed by atoms with van der Waals surface area (Å²) in [5.74, 6) is 0. The van der Waals surface area contributed by atoms with E-state index in [9.17, 15) is 8.78 Å². The first kappa shape index (κ1) is 14.2. The van der Waals surface area contributed by atoms with Gasteiger partial charge in [0, 0.05) is 23.8 Å². The van der Waals surface area contributed by atoms with E-state index in [4.69, 9.17) is 22.4 Å². The van der Waals surface area contributed by atoms with E-state index in [1.165, 1.54) is 4.90 Å². The fourth-order valence-electron chi connectivity index (χ4n) is 1.53. The Morgan fingerprint density at radius 1 is 1.41 bits per heavy atom. The lowest BCUT2D eigenvalue weighted by molar-refractivity contribution is 0.0747. The molecule has 0 radical (unpaired) electrons. The van der Waals surface area contributed by atoms with Crippen molar-refractivity contribution >= 4 is 17.3 Å². The van der Waals surface area contributed by atoms with E-state index >= 15 is 0 Å². The van der Waals surface area contributed by atoms with Crippen LogP contribution >= 0.6 is 11.6 Å². The second-order valence-corrected chi connectivity index (χ2v) is 4.11. The van der Waals surface area contributed by atoms with Gasteiger partial charge in [0.2, 0.25) is 0 Å². The van der Waals surface area contributed by atoms with E-state index in [0.717, 1.165) is 0 Å². The first-order valence-electron chi connectivity index (χ1n) is 5.18. The summed E-state index contributed by atoms with van der Waals surface area (Å²) in [7, 11) is 0. The molecule has 1 aromatic rings. The summed E-state index contributed by atoms with van der Waals surface area (Å²) in [4.78, 5) is 1.44. The summed E-state index contributed by atoms with van der Waals surface area (Å²) in [5, 5.41) is 9.29. The first-order valence-corrected chi connectivity index (χ1v) is 5.56. The quantitative estimate of drug-likeness (QED) is 0.773. The monoisotopic (exact) mass is 264 g/mol. The first-order chi connectivity index (χ1) is 8.02. The molecule has 0 amide bonds. The average molecular weight is 265 g/mol. The summed E-state index contributed by atoms with van der Waals surface area (Å²) < 4.78 is 24.6. The van der Waals surface area contributed by atoms with Gasteiger partial charge >= 0.3 is 0 Å². The molecule has 0 aliphatic rings. The highest BCUT2D eigenvalue weighted by Crippen LogP contribution is 2.20. The summed E-state index contributed by atoms with van der Waals surface area (Å²) in [5.41, 5.74) is 6.82. The number of anilines is 1. The lowest BCUT2D eigenvalue weighted by Gasteiger charge is -2.21. The van der Waals surface area contributed by atoms with E-state index in [1.807, 2.05) is 0 Å². The summed E-state index contributed by atoms with van der Waals surface area (Å²) in [6.07, 6.45) is -2.44. The maximum Gasteiger partial charge on any atom is 0.251 e. The van der Waals surface area contributed by atoms with Crippen molar-refractivity contribution in [1.29, 1.82) is 0 Å². The van der Waals surface area contributed by atoms with Crippen LogP contribution in [0.1, 0.15) is 5.56 Å². The maximum atomic E-state index is 12.3. The number of hydrogen-bond acceptors (Lipinski definition) is 3. The molecule has 3 nitrogen and oxygen atoms in total. The van der Waals surface area contributed by atoms with Crippen LogP contribution in [0.3, 0.4) is 0 Å². The van der Waals surface area contributed by atoms with Gasteiger partial charge in [-0.15, -0.1) is 0 Å². The Balaban J connectivity index is 2.74. The molecule has 6 heteroatoms. The van der Waals surface area contributed by atoms with Crippen LogP contribution in [0.4, 0.5) is 14.5 Å². The smallest absolute Gasteiger partial charge is 0.251 e. The second kappa shape index (κ2) is 6.74. The number of alkyl halides is 2. The van der Waals surface area contributed by atoms with Gasteiger partial charge in [0.1, 0.15) is 0 Å². The number of aliphatic hydroxyl groups is 1. The number of nitrogens with zero attached hydrogens (tertiary/aromatic N) is 1. The molecule has 0 bridgehead atoms. The highest BCUT2D eigenvalue weighted by molar-refractivity contribution is 6.31. The Bertz CT molecular complexity index is 363. The predicted molar refractivity (Wildman–Crippen MR) is 64.2 cm³/mol. The second-order valence-electron chi connectivity index (χ2n) is 3.70. The molecule has 0 spiro atoms. The Morgan fingerprint density at radius 2 is 2.12 bits per heavy atom. The molecule has 0 aliphatic carbocycles. The fourth-order valence-corrected chi connectivity index (χ4v) is 1.71. The molecule has 0 saturated heterocycles. The van der Waals surface area contributed by atoms with Crippen LogP contribution in [0.2, 0.25) is 5.02 Å². The molecule has 0 aliphatic heterocycles. The van der Waals surface area contributed by atoms with E-state index in [2.05, 4.69) is 0 Å². The number of benzene rings is 1. The normalized spacial score (nSPS) is 11.4. The van der Waals surface area contributed by atoms with Crippen molar-refractivity contribution in [2.75, 3.05) is 25.4 Å². The highest BCUT2D eigenvalue weighted by Gasteiger charge is 2.13. The van der Waals surface area contributed by atoms with Gasteiger partial charge in [-0.2, -0.15) is 0 Å². The van der Waals surface area contributed by atoms with Crippen LogP contribution in [0, 0.1) is 0 Å². The third kappa shape index (κ3) is 4.85. The SMILES string of the molecule is Nc1ccc(Cl)c(CN(CCO)CC(F)F)c1. The zero-order chi connectivity index (χ0) is 12.8. The van der Waals surface area contributed by atoms with Crippen LogP contribution in [0.25, 0.3) is 0 Å². The minimum Gasteiger partial charge on any atom is -0.399 e. The minimum atomic E-state index is -2.44. The Morgan fingerprint density at radius 3 is 2.71 bits per heavy atom. The summed E-state index contributed by atoms with van der Waals surface area (Å²) in [6, 6.07) is 4.93. The zero-order valence-electron chi connectivity index (χ0n) is 9.24. The van der Waals surface area contributed by atoms with Crippen LogP contribution in [-0.4, -0.2) is 36.1 Å². The van der Waals surface area contributed by atoms with Gasteiger partial charge < -0.3 is 10.8 Å². The molecule has 0 aromatic heterocycles. The topological polar surface area (TPSA) is 49.5 Å². The van der Waals surface area contributed by atoms with Gasteiger partial charge in [0.05, 0.1) is 13.2 Å². The van der Waals surface area contributed by atoms with Crippen molar-refractivity contribution in [3.05, 3.63) is 28.8 Å². The Kier molecular flexibility index (Phi) is 5.61. The molecule has 3 N–H and O–H groups in total. The molecule has 0 fully saturated rings. The van der Waals surface area contributed by atoms with E-state index in [-0.39, 0.29) is 19.7 Å². The average Bonchev–Trinajstić information content (AvgIpc) is 2.23. The van der Waals surface area contributed by atoms with Gasteiger partial charge in [0.15, 0.2) is 0 Å². The number of hydrogen-bond donors (Lipinski definition) is 2. The van der Waals surface area contributed by atoms with Crippen molar-refractivity contribution in [3.8, 4) is 0 Å². The molecule has 0 saturated carbocycles. The molecule has 17 heavy (non-hydrogen) atoms. The van der Waals surface area contributed by atoms with Crippen molar-refractivity contribution < 1.29 is 13.9 Å². The van der Waals surface area contributed by atoms with Gasteiger partial charge in [-0.05, 0) is 23.8 Å². The Hall–Kier alpha value is -0.910. The molecular weight excluding hydrogens is 250 g/mol. The van der Waals surface area contributed by atoms with E-state index in [1.54, 1.807) is 18.2 Å². The predicted octanol–water partition coefficient (Wildman–Crippen LogP) is 1.98. The van der Waals surface area contributed by atoms with Crippen molar-refractivity contribution in [1.82, 2.24) is 4.90 Å². The largest absolute Gasteiger partial charge is 0.399 e. The van der Waals surface area contributed by atoms with Crippen LogP contribution in [-0.2, 0) is 6.54 Å². The fraction of sp³-hybridized carbons (Fsp3) is 0.455. The van der Waals surface area contributed by atoms with Gasteiger partial charge in [-0.3, -0.25) is 4.90 Å². The van der Waals surface area contributed by atoms with Crippen molar-refractivity contribution in [2.24, 2.45) is 0 Å². The van der Waals surface area contributed by atoms with E-state index in [0.29, 0.717) is 16.3 Å². The standard InChI is InChI=1S/C11H15ClF2N2O/c12-10-2-1-9(15)5-8(10)6-16(3-4-17)7-11(13)14/h1-2,5,11,17H,3-4,6-7,15H2.